The third-order valence-electron chi connectivity index (χ3n) is 4.11. The van der Waals surface area contributed by atoms with Gasteiger partial charge in [-0.1, -0.05) is 30.3 Å². The summed E-state index contributed by atoms with van der Waals surface area (Å²) in [5.41, 5.74) is 0.825. The number of rotatable bonds is 0. The van der Waals surface area contributed by atoms with Gasteiger partial charge in [-0.3, -0.25) is 9.59 Å². The highest BCUT2D eigenvalue weighted by Crippen LogP contribution is 2.28. The molecule has 7 heteroatoms. The fourth-order valence-corrected chi connectivity index (χ4v) is 2.62. The lowest BCUT2D eigenvalue weighted by molar-refractivity contribution is -0.137. The first kappa shape index (κ1) is 19.8. The van der Waals surface area contributed by atoms with E-state index in [0.29, 0.717) is 0 Å². The van der Waals surface area contributed by atoms with Gasteiger partial charge in [0.15, 0.2) is 11.6 Å². The van der Waals surface area contributed by atoms with Crippen molar-refractivity contribution in [1.29, 1.82) is 0 Å². The molecule has 0 radical (unpaired) electrons. The van der Waals surface area contributed by atoms with E-state index in [-0.39, 0.29) is 41.2 Å². The van der Waals surface area contributed by atoms with Crippen LogP contribution in [0.15, 0.2) is 66.8 Å². The standard InChI is InChI=1S/C22H16O7/c23-17-8-10-21(26)28-13-12-16-19(25)2-1-3-20(16)29-22(27)11-9-18(24)15-6-4-14(17)5-7-15/h1-11,25H,12-13H2. The van der Waals surface area contributed by atoms with Crippen LogP contribution in [0, 0.1) is 0 Å². The van der Waals surface area contributed by atoms with Crippen LogP contribution in [0.2, 0.25) is 0 Å². The van der Waals surface area contributed by atoms with E-state index in [0.717, 1.165) is 24.3 Å². The molecule has 2 heterocycles. The molecule has 2 bridgehead atoms. The summed E-state index contributed by atoms with van der Waals surface area (Å²) in [4.78, 5) is 48.2. The van der Waals surface area contributed by atoms with Crippen LogP contribution < -0.4 is 4.74 Å². The second-order valence-electron chi connectivity index (χ2n) is 6.06. The molecule has 2 aromatic carbocycles. The zero-order valence-corrected chi connectivity index (χ0v) is 15.2. The van der Waals surface area contributed by atoms with Gasteiger partial charge in [0.1, 0.15) is 11.5 Å². The SMILES string of the molecule is O=C1C=CC(=O)c2ccc(cc2)C(=O)C=CC(=O)Oc2cccc(O)c2CCO1. The summed E-state index contributed by atoms with van der Waals surface area (Å²) in [6, 6.07) is 10.1. The van der Waals surface area contributed by atoms with E-state index in [4.69, 9.17) is 9.47 Å². The highest BCUT2D eigenvalue weighted by molar-refractivity contribution is 6.09. The fraction of sp³-hybridized carbons (Fsp3) is 0.0909. The van der Waals surface area contributed by atoms with Gasteiger partial charge in [0, 0.05) is 35.3 Å². The highest BCUT2D eigenvalue weighted by atomic mass is 16.5. The van der Waals surface area contributed by atoms with Gasteiger partial charge in [0.2, 0.25) is 0 Å². The van der Waals surface area contributed by atoms with Gasteiger partial charge < -0.3 is 14.6 Å². The smallest absolute Gasteiger partial charge is 0.336 e. The number of hydrogen-bond donors (Lipinski definition) is 1. The summed E-state index contributed by atoms with van der Waals surface area (Å²) in [5.74, 6) is -2.46. The molecule has 4 rings (SSSR count). The maximum absolute atomic E-state index is 12.2. The van der Waals surface area contributed by atoms with Crippen molar-refractivity contribution in [2.24, 2.45) is 0 Å². The molecule has 0 spiro atoms. The zero-order valence-electron chi connectivity index (χ0n) is 15.2. The molecular formula is C22H16O7. The minimum absolute atomic E-state index is 0.0756. The van der Waals surface area contributed by atoms with Crippen molar-refractivity contribution in [2.75, 3.05) is 6.61 Å². The Balaban J connectivity index is 1.93. The number of carbonyl (C=O) groups excluding carboxylic acids is 4. The molecule has 0 amide bonds. The van der Waals surface area contributed by atoms with Gasteiger partial charge in [0.25, 0.3) is 0 Å². The van der Waals surface area contributed by atoms with E-state index in [1.807, 2.05) is 0 Å². The minimum Gasteiger partial charge on any atom is -0.508 e. The lowest BCUT2D eigenvalue weighted by Gasteiger charge is -2.11. The van der Waals surface area contributed by atoms with Crippen LogP contribution in [-0.4, -0.2) is 35.2 Å². The lowest BCUT2D eigenvalue weighted by Crippen LogP contribution is -2.10. The van der Waals surface area contributed by atoms with E-state index >= 15 is 0 Å². The largest absolute Gasteiger partial charge is 0.508 e. The maximum Gasteiger partial charge on any atom is 0.336 e. The Morgan fingerprint density at radius 2 is 1.31 bits per heavy atom. The quantitative estimate of drug-likeness (QED) is 0.542. The molecule has 2 aliphatic rings. The van der Waals surface area contributed by atoms with Crippen LogP contribution in [0.5, 0.6) is 11.5 Å². The Morgan fingerprint density at radius 1 is 0.724 bits per heavy atom. The zero-order chi connectivity index (χ0) is 20.8. The summed E-state index contributed by atoms with van der Waals surface area (Å²) >= 11 is 0. The average Bonchev–Trinajstić information content (AvgIpc) is 2.71. The van der Waals surface area contributed by atoms with Crippen molar-refractivity contribution in [1.82, 2.24) is 0 Å². The second-order valence-corrected chi connectivity index (χ2v) is 6.06. The number of hydrogen-bond acceptors (Lipinski definition) is 7. The predicted octanol–water partition coefficient (Wildman–Crippen LogP) is 2.57. The first-order valence-corrected chi connectivity index (χ1v) is 8.68. The van der Waals surface area contributed by atoms with Crippen LogP contribution in [0.4, 0.5) is 0 Å². The maximum atomic E-state index is 12.2. The van der Waals surface area contributed by atoms with Crippen LogP contribution in [-0.2, 0) is 20.7 Å². The Bertz CT molecular complexity index is 1030. The van der Waals surface area contributed by atoms with Gasteiger partial charge in [-0.2, -0.15) is 0 Å². The van der Waals surface area contributed by atoms with Crippen molar-refractivity contribution < 1.29 is 33.8 Å². The van der Waals surface area contributed by atoms with Gasteiger partial charge in [-0.15, -0.1) is 0 Å². The number of ether oxygens (including phenoxy) is 2. The lowest BCUT2D eigenvalue weighted by atomic mass is 10.0. The molecule has 0 aliphatic carbocycles. The molecule has 0 atom stereocenters. The summed E-state index contributed by atoms with van der Waals surface area (Å²) in [7, 11) is 0. The van der Waals surface area contributed by atoms with E-state index < -0.39 is 23.5 Å². The van der Waals surface area contributed by atoms with Gasteiger partial charge in [0.05, 0.1) is 6.61 Å². The van der Waals surface area contributed by atoms with Crippen LogP contribution in [0.25, 0.3) is 0 Å². The number of esters is 2. The highest BCUT2D eigenvalue weighted by Gasteiger charge is 2.14. The van der Waals surface area contributed by atoms with E-state index in [9.17, 15) is 24.3 Å². The molecule has 0 saturated carbocycles. The molecular weight excluding hydrogens is 376 g/mol. The normalized spacial score (nSPS) is 15.3. The molecule has 29 heavy (non-hydrogen) atoms. The van der Waals surface area contributed by atoms with Crippen molar-refractivity contribution in [3.63, 3.8) is 0 Å². The van der Waals surface area contributed by atoms with Crippen molar-refractivity contribution in [2.45, 2.75) is 6.42 Å². The Kier molecular flexibility index (Phi) is 5.99. The van der Waals surface area contributed by atoms with Crippen LogP contribution >= 0.6 is 0 Å². The average molecular weight is 392 g/mol. The third kappa shape index (κ3) is 5.04. The number of carbonyl (C=O) groups is 4. The molecule has 0 aromatic heterocycles. The number of fused-ring (bicyclic) bond motifs is 10. The molecule has 7 nitrogen and oxygen atoms in total. The summed E-state index contributed by atoms with van der Waals surface area (Å²) in [5, 5.41) is 10.0. The van der Waals surface area contributed by atoms with E-state index in [1.165, 1.54) is 42.5 Å². The van der Waals surface area contributed by atoms with Gasteiger partial charge >= 0.3 is 11.9 Å². The number of phenols is 1. The fourth-order valence-electron chi connectivity index (χ4n) is 2.62. The summed E-state index contributed by atoms with van der Waals surface area (Å²) in [6.07, 6.45) is 4.19. The van der Waals surface area contributed by atoms with Crippen molar-refractivity contribution in [3.05, 3.63) is 83.5 Å². The number of aromatic hydroxyl groups is 1. The topological polar surface area (TPSA) is 107 Å². The second kappa shape index (κ2) is 8.79. The molecule has 146 valence electrons. The van der Waals surface area contributed by atoms with Crippen molar-refractivity contribution in [3.8, 4) is 11.5 Å². The van der Waals surface area contributed by atoms with Crippen LogP contribution in [0.1, 0.15) is 26.3 Å². The summed E-state index contributed by atoms with van der Waals surface area (Å²) < 4.78 is 10.2. The van der Waals surface area contributed by atoms with E-state index in [2.05, 4.69) is 0 Å². The van der Waals surface area contributed by atoms with Gasteiger partial charge in [-0.05, 0) is 24.3 Å². The molecule has 2 aromatic rings. The molecule has 0 saturated heterocycles. The number of benzene rings is 2. The molecule has 2 aliphatic heterocycles. The van der Waals surface area contributed by atoms with E-state index in [1.54, 1.807) is 0 Å². The number of allylic oxidation sites excluding steroid dienone is 2. The molecule has 1 N–H and O–H groups in total. The third-order valence-corrected chi connectivity index (χ3v) is 4.11. The monoisotopic (exact) mass is 392 g/mol. The molecule has 0 unspecified atom stereocenters. The minimum atomic E-state index is -0.807. The Hall–Kier alpha value is -4.00. The van der Waals surface area contributed by atoms with Crippen molar-refractivity contribution >= 4 is 23.5 Å². The number of ketones is 2. The first-order chi connectivity index (χ1) is 13.9. The number of phenolic OH excluding ortho intramolecular Hbond substituents is 1. The van der Waals surface area contributed by atoms with Gasteiger partial charge in [-0.25, -0.2) is 9.59 Å². The van der Waals surface area contributed by atoms with Crippen LogP contribution in [0.3, 0.4) is 0 Å². The molecule has 0 fully saturated rings. The summed E-state index contributed by atoms with van der Waals surface area (Å²) in [6.45, 7) is -0.109. The Labute approximate surface area is 165 Å². The Morgan fingerprint density at radius 3 is 1.93 bits per heavy atom. The first-order valence-electron chi connectivity index (χ1n) is 8.68. The predicted molar refractivity (Wildman–Crippen MR) is 102 cm³/mol.